The zero-order valence-electron chi connectivity index (χ0n) is 11.6. The van der Waals surface area contributed by atoms with Gasteiger partial charge in [0.05, 0.1) is 24.6 Å². The number of nitrogens with zero attached hydrogens (tertiary/aromatic N) is 2. The van der Waals surface area contributed by atoms with Crippen LogP contribution in [0.5, 0.6) is 0 Å². The highest BCUT2D eigenvalue weighted by Gasteiger charge is 2.22. The van der Waals surface area contributed by atoms with E-state index in [1.165, 1.54) is 0 Å². The minimum absolute atomic E-state index is 0.108. The molecular weight excluding hydrogens is 270 g/mol. The number of benzene rings is 1. The molecule has 1 aliphatic heterocycles. The summed E-state index contributed by atoms with van der Waals surface area (Å²) in [6, 6.07) is 7.23. The van der Waals surface area contributed by atoms with Gasteiger partial charge in [-0.2, -0.15) is 5.26 Å². The van der Waals surface area contributed by atoms with Gasteiger partial charge >= 0.3 is 5.97 Å². The van der Waals surface area contributed by atoms with Gasteiger partial charge in [0.1, 0.15) is 0 Å². The van der Waals surface area contributed by atoms with E-state index in [4.69, 9.17) is 10.4 Å². The first kappa shape index (κ1) is 15.0. The standard InChI is InChI=1S/C15H17N3O3/c16-6-2-7-17-14(19)10-18-8-5-12-11(9-18)3-1-4-13(12)15(20)21/h1,3-4H,2,5,7-10H2,(H,17,19)(H,20,21). The van der Waals surface area contributed by atoms with E-state index < -0.39 is 5.97 Å². The number of rotatable bonds is 5. The molecule has 0 fully saturated rings. The number of carboxylic acids is 1. The van der Waals surface area contributed by atoms with Crippen molar-refractivity contribution in [3.05, 3.63) is 34.9 Å². The first-order valence-electron chi connectivity index (χ1n) is 6.82. The first-order chi connectivity index (χ1) is 10.1. The van der Waals surface area contributed by atoms with Gasteiger partial charge in [0.25, 0.3) is 0 Å². The van der Waals surface area contributed by atoms with Crippen LogP contribution in [-0.2, 0) is 17.8 Å². The molecule has 0 aliphatic carbocycles. The minimum Gasteiger partial charge on any atom is -0.478 e. The summed E-state index contributed by atoms with van der Waals surface area (Å²) in [4.78, 5) is 24.9. The molecule has 21 heavy (non-hydrogen) atoms. The van der Waals surface area contributed by atoms with Crippen molar-refractivity contribution in [3.8, 4) is 6.07 Å². The molecule has 0 bridgehead atoms. The van der Waals surface area contributed by atoms with E-state index >= 15 is 0 Å². The molecule has 2 N–H and O–H groups in total. The van der Waals surface area contributed by atoms with Crippen LogP contribution in [0.25, 0.3) is 0 Å². The highest BCUT2D eigenvalue weighted by Crippen LogP contribution is 2.22. The number of hydrogen-bond donors (Lipinski definition) is 2. The number of carbonyl (C=O) groups excluding carboxylic acids is 1. The Morgan fingerprint density at radius 1 is 1.43 bits per heavy atom. The quantitative estimate of drug-likeness (QED) is 0.780. The normalized spacial score (nSPS) is 14.0. The van der Waals surface area contributed by atoms with Gasteiger partial charge < -0.3 is 10.4 Å². The van der Waals surface area contributed by atoms with Gasteiger partial charge in [-0.05, 0) is 23.6 Å². The van der Waals surface area contributed by atoms with E-state index in [9.17, 15) is 9.59 Å². The molecule has 110 valence electrons. The SMILES string of the molecule is N#CCCNC(=O)CN1CCc2c(cccc2C(=O)O)C1. The molecule has 6 nitrogen and oxygen atoms in total. The average Bonchev–Trinajstić information content (AvgIpc) is 2.46. The third-order valence-electron chi connectivity index (χ3n) is 3.50. The lowest BCUT2D eigenvalue weighted by molar-refractivity contribution is -0.122. The van der Waals surface area contributed by atoms with Gasteiger partial charge in [-0.1, -0.05) is 12.1 Å². The second-order valence-electron chi connectivity index (χ2n) is 4.97. The summed E-state index contributed by atoms with van der Waals surface area (Å²) in [5.74, 6) is -1.02. The van der Waals surface area contributed by atoms with Crippen molar-refractivity contribution in [2.45, 2.75) is 19.4 Å². The Kier molecular flexibility index (Phi) is 4.90. The van der Waals surface area contributed by atoms with E-state index in [1.807, 2.05) is 17.0 Å². The lowest BCUT2D eigenvalue weighted by Gasteiger charge is -2.28. The number of carboxylic acid groups (broad SMARTS) is 1. The molecule has 0 radical (unpaired) electrons. The summed E-state index contributed by atoms with van der Waals surface area (Å²) in [5, 5.41) is 20.3. The summed E-state index contributed by atoms with van der Waals surface area (Å²) in [6.45, 7) is 1.86. The van der Waals surface area contributed by atoms with Crippen LogP contribution in [0.15, 0.2) is 18.2 Å². The molecule has 1 heterocycles. The van der Waals surface area contributed by atoms with Gasteiger partial charge in [0.2, 0.25) is 5.91 Å². The lowest BCUT2D eigenvalue weighted by atomic mass is 9.94. The molecule has 0 saturated carbocycles. The zero-order chi connectivity index (χ0) is 15.2. The smallest absolute Gasteiger partial charge is 0.335 e. The summed E-state index contributed by atoms with van der Waals surface area (Å²) < 4.78 is 0. The molecule has 0 spiro atoms. The number of carbonyl (C=O) groups is 2. The Bertz CT molecular complexity index is 592. The topological polar surface area (TPSA) is 93.4 Å². The van der Waals surface area contributed by atoms with Crippen LogP contribution in [0.2, 0.25) is 0 Å². The number of nitrogens with one attached hydrogen (secondary N) is 1. The molecule has 0 aromatic heterocycles. The minimum atomic E-state index is -0.908. The van der Waals surface area contributed by atoms with Crippen molar-refractivity contribution >= 4 is 11.9 Å². The maximum atomic E-state index is 11.7. The first-order valence-corrected chi connectivity index (χ1v) is 6.82. The fraction of sp³-hybridized carbons (Fsp3) is 0.400. The Hall–Kier alpha value is -2.39. The van der Waals surface area contributed by atoms with E-state index in [2.05, 4.69) is 5.32 Å². The van der Waals surface area contributed by atoms with Gasteiger partial charge in [0.15, 0.2) is 0 Å². The van der Waals surface area contributed by atoms with Gasteiger partial charge in [-0.3, -0.25) is 9.69 Å². The maximum absolute atomic E-state index is 11.7. The summed E-state index contributed by atoms with van der Waals surface area (Å²) >= 11 is 0. The van der Waals surface area contributed by atoms with E-state index in [1.54, 1.807) is 12.1 Å². The van der Waals surface area contributed by atoms with Crippen LogP contribution in [0, 0.1) is 11.3 Å². The third kappa shape index (κ3) is 3.80. The Morgan fingerprint density at radius 3 is 2.95 bits per heavy atom. The van der Waals surface area contributed by atoms with E-state index in [-0.39, 0.29) is 12.5 Å². The maximum Gasteiger partial charge on any atom is 0.335 e. The average molecular weight is 287 g/mol. The molecule has 1 aliphatic rings. The van der Waals surface area contributed by atoms with Crippen LogP contribution in [0.4, 0.5) is 0 Å². The van der Waals surface area contributed by atoms with Gasteiger partial charge in [-0.15, -0.1) is 0 Å². The van der Waals surface area contributed by atoms with Crippen molar-refractivity contribution < 1.29 is 14.7 Å². The van der Waals surface area contributed by atoms with Crippen molar-refractivity contribution in [1.29, 1.82) is 5.26 Å². The summed E-state index contributed by atoms with van der Waals surface area (Å²) in [7, 11) is 0. The number of nitriles is 1. The number of fused-ring (bicyclic) bond motifs is 1. The third-order valence-corrected chi connectivity index (χ3v) is 3.50. The van der Waals surface area contributed by atoms with E-state index in [0.717, 1.165) is 11.1 Å². The van der Waals surface area contributed by atoms with Crippen molar-refractivity contribution in [1.82, 2.24) is 10.2 Å². The fourth-order valence-corrected chi connectivity index (χ4v) is 2.52. The molecule has 1 amide bonds. The molecule has 2 rings (SSSR count). The molecule has 0 atom stereocenters. The predicted octanol–water partition coefficient (Wildman–Crippen LogP) is 0.773. The zero-order valence-corrected chi connectivity index (χ0v) is 11.6. The second-order valence-corrected chi connectivity index (χ2v) is 4.97. The molecule has 1 aromatic rings. The summed E-state index contributed by atoms with van der Waals surface area (Å²) in [6.07, 6.45) is 0.930. The fourth-order valence-electron chi connectivity index (χ4n) is 2.52. The molecule has 1 aromatic carbocycles. The molecule has 0 unspecified atom stereocenters. The highest BCUT2D eigenvalue weighted by atomic mass is 16.4. The number of hydrogen-bond acceptors (Lipinski definition) is 4. The van der Waals surface area contributed by atoms with Crippen molar-refractivity contribution in [3.63, 3.8) is 0 Å². The van der Waals surface area contributed by atoms with Crippen LogP contribution >= 0.6 is 0 Å². The largest absolute Gasteiger partial charge is 0.478 e. The van der Waals surface area contributed by atoms with Crippen LogP contribution in [-0.4, -0.2) is 41.5 Å². The highest BCUT2D eigenvalue weighted by molar-refractivity contribution is 5.90. The predicted molar refractivity (Wildman–Crippen MR) is 75.6 cm³/mol. The van der Waals surface area contributed by atoms with Gasteiger partial charge in [0, 0.05) is 19.6 Å². The molecule has 0 saturated heterocycles. The van der Waals surface area contributed by atoms with Crippen LogP contribution in [0.1, 0.15) is 27.9 Å². The monoisotopic (exact) mass is 287 g/mol. The second kappa shape index (κ2) is 6.86. The summed E-state index contributed by atoms with van der Waals surface area (Å²) in [5.41, 5.74) is 2.18. The number of aromatic carboxylic acids is 1. The lowest BCUT2D eigenvalue weighted by Crippen LogP contribution is -2.40. The van der Waals surface area contributed by atoms with Crippen LogP contribution < -0.4 is 5.32 Å². The Balaban J connectivity index is 1.97. The molecular formula is C15H17N3O3. The Labute approximate surface area is 123 Å². The van der Waals surface area contributed by atoms with Crippen molar-refractivity contribution in [2.24, 2.45) is 0 Å². The molecule has 6 heteroatoms. The number of amides is 1. The van der Waals surface area contributed by atoms with Gasteiger partial charge in [-0.25, -0.2) is 4.79 Å². The van der Waals surface area contributed by atoms with E-state index in [0.29, 0.717) is 38.0 Å². The van der Waals surface area contributed by atoms with Crippen LogP contribution in [0.3, 0.4) is 0 Å². The Morgan fingerprint density at radius 2 is 2.24 bits per heavy atom. The van der Waals surface area contributed by atoms with Crippen molar-refractivity contribution in [2.75, 3.05) is 19.6 Å².